The molecule has 2 aromatic rings. The van der Waals surface area contributed by atoms with E-state index in [0.29, 0.717) is 17.7 Å². The van der Waals surface area contributed by atoms with Crippen molar-refractivity contribution in [3.05, 3.63) is 35.7 Å². The van der Waals surface area contributed by atoms with E-state index < -0.39 is 0 Å². The highest BCUT2D eigenvalue weighted by Crippen LogP contribution is 2.22. The fourth-order valence-corrected chi connectivity index (χ4v) is 2.03. The smallest absolute Gasteiger partial charge is 0.221 e. The van der Waals surface area contributed by atoms with Gasteiger partial charge in [0.2, 0.25) is 5.91 Å². The normalized spacial score (nSPS) is 10.6. The number of amides is 1. The molecular weight excluding hydrogens is 256 g/mol. The van der Waals surface area contributed by atoms with Crippen molar-refractivity contribution in [2.24, 2.45) is 0 Å². The van der Waals surface area contributed by atoms with E-state index in [0.717, 1.165) is 11.4 Å². The van der Waals surface area contributed by atoms with Crippen molar-refractivity contribution < 1.29 is 9.59 Å². The van der Waals surface area contributed by atoms with Crippen LogP contribution in [0.4, 0.5) is 5.69 Å². The van der Waals surface area contributed by atoms with Crippen LogP contribution in [0, 0.1) is 0 Å². The summed E-state index contributed by atoms with van der Waals surface area (Å²) >= 11 is 0. The molecule has 0 aliphatic carbocycles. The van der Waals surface area contributed by atoms with Crippen molar-refractivity contribution in [2.45, 2.75) is 26.7 Å². The second-order valence-electron chi connectivity index (χ2n) is 4.78. The van der Waals surface area contributed by atoms with Crippen molar-refractivity contribution in [3.8, 4) is 5.69 Å². The van der Waals surface area contributed by atoms with Crippen LogP contribution in [0.5, 0.6) is 0 Å². The van der Waals surface area contributed by atoms with Crippen LogP contribution in [0.2, 0.25) is 0 Å². The Morgan fingerprint density at radius 2 is 2.15 bits per heavy atom. The molecule has 0 atom stereocenters. The second kappa shape index (κ2) is 5.64. The molecule has 0 saturated heterocycles. The number of carbonyl (C=O) groups excluding carboxylic acids is 2. The molecule has 0 saturated carbocycles. The van der Waals surface area contributed by atoms with Crippen LogP contribution < -0.4 is 5.32 Å². The number of carbonyl (C=O) groups is 2. The first-order valence-electron chi connectivity index (χ1n) is 6.31. The summed E-state index contributed by atoms with van der Waals surface area (Å²) < 4.78 is 1.62. The highest BCUT2D eigenvalue weighted by molar-refractivity contribution is 5.88. The highest BCUT2D eigenvalue weighted by Gasteiger charge is 2.17. The number of rotatable bonds is 4. The second-order valence-corrected chi connectivity index (χ2v) is 4.78. The van der Waals surface area contributed by atoms with Crippen LogP contribution in [0.1, 0.15) is 42.9 Å². The van der Waals surface area contributed by atoms with E-state index in [9.17, 15) is 9.59 Å². The standard InChI is InChI=1S/C14H16N4O2/c1-9(2)14-13(8-19)16-17-18(14)12-6-4-5-11(7-12)15-10(3)20/h4-9H,1-3H3,(H,15,20). The molecule has 0 spiro atoms. The lowest BCUT2D eigenvalue weighted by Gasteiger charge is -2.11. The first-order chi connectivity index (χ1) is 9.52. The van der Waals surface area contributed by atoms with E-state index in [-0.39, 0.29) is 11.8 Å². The maximum atomic E-state index is 11.1. The Labute approximate surface area is 116 Å². The molecule has 1 heterocycles. The topological polar surface area (TPSA) is 76.9 Å². The molecule has 104 valence electrons. The number of benzene rings is 1. The Morgan fingerprint density at radius 3 is 2.75 bits per heavy atom. The molecular formula is C14H16N4O2. The third kappa shape index (κ3) is 2.74. The number of aromatic nitrogens is 3. The van der Waals surface area contributed by atoms with Gasteiger partial charge in [-0.05, 0) is 24.1 Å². The zero-order valence-corrected chi connectivity index (χ0v) is 11.6. The van der Waals surface area contributed by atoms with Gasteiger partial charge in [0.25, 0.3) is 0 Å². The summed E-state index contributed by atoms with van der Waals surface area (Å²) in [6.45, 7) is 5.39. The minimum absolute atomic E-state index is 0.106. The van der Waals surface area contributed by atoms with Gasteiger partial charge in [-0.15, -0.1) is 5.10 Å². The fourth-order valence-electron chi connectivity index (χ4n) is 2.03. The Kier molecular flexibility index (Phi) is 3.93. The number of nitrogens with one attached hydrogen (secondary N) is 1. The zero-order valence-electron chi connectivity index (χ0n) is 11.6. The fraction of sp³-hybridized carbons (Fsp3) is 0.286. The van der Waals surface area contributed by atoms with Crippen LogP contribution in [0.15, 0.2) is 24.3 Å². The van der Waals surface area contributed by atoms with E-state index in [2.05, 4.69) is 15.6 Å². The van der Waals surface area contributed by atoms with Gasteiger partial charge in [-0.3, -0.25) is 9.59 Å². The number of hydrogen-bond acceptors (Lipinski definition) is 4. The van der Waals surface area contributed by atoms with Crippen LogP contribution in [-0.2, 0) is 4.79 Å². The molecule has 2 rings (SSSR count). The molecule has 0 radical (unpaired) electrons. The first kappa shape index (κ1) is 13.9. The number of anilines is 1. The maximum absolute atomic E-state index is 11.1. The molecule has 6 heteroatoms. The first-order valence-corrected chi connectivity index (χ1v) is 6.31. The molecule has 1 aromatic heterocycles. The Bertz CT molecular complexity index is 646. The molecule has 1 N–H and O–H groups in total. The summed E-state index contributed by atoms with van der Waals surface area (Å²) in [7, 11) is 0. The predicted molar refractivity (Wildman–Crippen MR) is 75.1 cm³/mol. The van der Waals surface area contributed by atoms with Crippen LogP contribution in [-0.4, -0.2) is 27.2 Å². The largest absolute Gasteiger partial charge is 0.326 e. The Morgan fingerprint density at radius 1 is 1.40 bits per heavy atom. The molecule has 0 bridgehead atoms. The summed E-state index contributed by atoms with van der Waals surface area (Å²) in [4.78, 5) is 22.1. The molecule has 0 aliphatic rings. The van der Waals surface area contributed by atoms with Gasteiger partial charge >= 0.3 is 0 Å². The van der Waals surface area contributed by atoms with E-state index >= 15 is 0 Å². The molecule has 20 heavy (non-hydrogen) atoms. The van der Waals surface area contributed by atoms with Crippen LogP contribution >= 0.6 is 0 Å². The van der Waals surface area contributed by atoms with Gasteiger partial charge < -0.3 is 5.32 Å². The number of nitrogens with zero attached hydrogens (tertiary/aromatic N) is 3. The molecule has 6 nitrogen and oxygen atoms in total. The summed E-state index contributed by atoms with van der Waals surface area (Å²) in [5.41, 5.74) is 2.51. The molecule has 1 aromatic carbocycles. The molecule has 0 fully saturated rings. The van der Waals surface area contributed by atoms with E-state index in [1.165, 1.54) is 6.92 Å². The minimum atomic E-state index is -0.140. The molecule has 1 amide bonds. The van der Waals surface area contributed by atoms with Gasteiger partial charge in [0, 0.05) is 12.6 Å². The lowest BCUT2D eigenvalue weighted by molar-refractivity contribution is -0.114. The lowest BCUT2D eigenvalue weighted by atomic mass is 10.1. The summed E-state index contributed by atoms with van der Waals surface area (Å²) in [5.74, 6) is -0.0342. The van der Waals surface area contributed by atoms with Gasteiger partial charge in [0.15, 0.2) is 6.29 Å². The van der Waals surface area contributed by atoms with Crippen molar-refractivity contribution in [1.82, 2.24) is 15.0 Å². The average molecular weight is 272 g/mol. The lowest BCUT2D eigenvalue weighted by Crippen LogP contribution is -2.08. The van der Waals surface area contributed by atoms with E-state index in [1.807, 2.05) is 26.0 Å². The predicted octanol–water partition coefficient (Wildman–Crippen LogP) is 2.16. The Hall–Kier alpha value is -2.50. The third-order valence-electron chi connectivity index (χ3n) is 2.80. The summed E-state index contributed by atoms with van der Waals surface area (Å²) in [6.07, 6.45) is 0.705. The quantitative estimate of drug-likeness (QED) is 0.865. The van der Waals surface area contributed by atoms with Gasteiger partial charge in [-0.1, -0.05) is 25.1 Å². The van der Waals surface area contributed by atoms with Crippen molar-refractivity contribution >= 4 is 17.9 Å². The monoisotopic (exact) mass is 272 g/mol. The van der Waals surface area contributed by atoms with Gasteiger partial charge in [-0.2, -0.15) is 0 Å². The van der Waals surface area contributed by atoms with E-state index in [4.69, 9.17) is 0 Å². The van der Waals surface area contributed by atoms with Crippen molar-refractivity contribution in [1.29, 1.82) is 0 Å². The van der Waals surface area contributed by atoms with E-state index in [1.54, 1.807) is 16.8 Å². The van der Waals surface area contributed by atoms with Crippen LogP contribution in [0.25, 0.3) is 5.69 Å². The van der Waals surface area contributed by atoms with Crippen LogP contribution in [0.3, 0.4) is 0 Å². The number of hydrogen-bond donors (Lipinski definition) is 1. The molecule has 0 aliphatic heterocycles. The summed E-state index contributed by atoms with van der Waals surface area (Å²) in [5, 5.41) is 10.6. The third-order valence-corrected chi connectivity index (χ3v) is 2.80. The molecule has 0 unspecified atom stereocenters. The zero-order chi connectivity index (χ0) is 14.7. The minimum Gasteiger partial charge on any atom is -0.326 e. The summed E-state index contributed by atoms with van der Waals surface area (Å²) in [6, 6.07) is 7.24. The van der Waals surface area contributed by atoms with Gasteiger partial charge in [-0.25, -0.2) is 4.68 Å². The van der Waals surface area contributed by atoms with Gasteiger partial charge in [0.1, 0.15) is 5.69 Å². The Balaban J connectivity index is 2.48. The van der Waals surface area contributed by atoms with Crippen molar-refractivity contribution in [3.63, 3.8) is 0 Å². The SMILES string of the molecule is CC(=O)Nc1cccc(-n2nnc(C=O)c2C(C)C)c1. The average Bonchev–Trinajstić information content (AvgIpc) is 2.82. The highest BCUT2D eigenvalue weighted by atomic mass is 16.1. The van der Waals surface area contributed by atoms with Crippen molar-refractivity contribution in [2.75, 3.05) is 5.32 Å². The number of aldehydes is 1. The maximum Gasteiger partial charge on any atom is 0.221 e. The van der Waals surface area contributed by atoms with Gasteiger partial charge in [0.05, 0.1) is 11.4 Å².